The Labute approximate surface area is 221 Å². The normalized spacial score (nSPS) is 13.8. The van der Waals surface area contributed by atoms with Crippen LogP contribution in [0.25, 0.3) is 11.4 Å². The lowest BCUT2D eigenvalue weighted by atomic mass is 10.1. The maximum absolute atomic E-state index is 13.1. The number of para-hydroxylation sites is 2. The lowest BCUT2D eigenvalue weighted by Crippen LogP contribution is -2.48. The SMILES string of the molecule is COc1ccc(-c2ncn(S(=O)(=O)c3ccc(C(=O)N4CCN(c5ccccc5OC)CC4)cc3)n2)cc1. The van der Waals surface area contributed by atoms with Gasteiger partial charge in [-0.3, -0.25) is 4.79 Å². The van der Waals surface area contributed by atoms with E-state index in [1.807, 2.05) is 24.3 Å². The lowest BCUT2D eigenvalue weighted by molar-refractivity contribution is 0.0746. The van der Waals surface area contributed by atoms with Gasteiger partial charge in [0.25, 0.3) is 15.9 Å². The third-order valence-electron chi connectivity index (χ3n) is 6.46. The van der Waals surface area contributed by atoms with E-state index >= 15 is 0 Å². The van der Waals surface area contributed by atoms with Crippen molar-refractivity contribution in [2.75, 3.05) is 45.3 Å². The van der Waals surface area contributed by atoms with Gasteiger partial charge in [0.2, 0.25) is 0 Å². The number of carbonyl (C=O) groups excluding carboxylic acids is 1. The van der Waals surface area contributed by atoms with Gasteiger partial charge in [0.15, 0.2) is 5.82 Å². The molecule has 11 heteroatoms. The molecule has 0 saturated carbocycles. The van der Waals surface area contributed by atoms with Crippen molar-refractivity contribution in [3.05, 3.63) is 84.7 Å². The lowest BCUT2D eigenvalue weighted by Gasteiger charge is -2.36. The minimum Gasteiger partial charge on any atom is -0.497 e. The molecule has 0 N–H and O–H groups in total. The molecule has 0 radical (unpaired) electrons. The monoisotopic (exact) mass is 533 g/mol. The topological polar surface area (TPSA) is 107 Å². The summed E-state index contributed by atoms with van der Waals surface area (Å²) in [6.45, 7) is 2.43. The second-order valence-corrected chi connectivity index (χ2v) is 10.4. The van der Waals surface area contributed by atoms with Crippen molar-refractivity contribution in [2.24, 2.45) is 0 Å². The third kappa shape index (κ3) is 4.92. The third-order valence-corrected chi connectivity index (χ3v) is 7.99. The summed E-state index contributed by atoms with van der Waals surface area (Å²) >= 11 is 0. The highest BCUT2D eigenvalue weighted by Crippen LogP contribution is 2.28. The molecule has 0 bridgehead atoms. The zero-order valence-corrected chi connectivity index (χ0v) is 21.8. The van der Waals surface area contributed by atoms with E-state index in [1.165, 1.54) is 24.3 Å². The first-order chi connectivity index (χ1) is 18.4. The highest BCUT2D eigenvalue weighted by atomic mass is 32.2. The molecule has 5 rings (SSSR count). The van der Waals surface area contributed by atoms with E-state index in [1.54, 1.807) is 43.4 Å². The van der Waals surface area contributed by atoms with Gasteiger partial charge in [-0.2, -0.15) is 8.42 Å². The van der Waals surface area contributed by atoms with Gasteiger partial charge in [-0.05, 0) is 60.7 Å². The van der Waals surface area contributed by atoms with Crippen LogP contribution in [0.4, 0.5) is 5.69 Å². The number of benzene rings is 3. The number of carbonyl (C=O) groups is 1. The summed E-state index contributed by atoms with van der Waals surface area (Å²) in [4.78, 5) is 21.2. The van der Waals surface area contributed by atoms with Gasteiger partial charge in [-0.15, -0.1) is 9.19 Å². The molecule has 2 heterocycles. The van der Waals surface area contributed by atoms with Crippen LogP contribution in [0, 0.1) is 0 Å². The Balaban J connectivity index is 1.26. The second kappa shape index (κ2) is 10.5. The van der Waals surface area contributed by atoms with Crippen LogP contribution in [0.1, 0.15) is 10.4 Å². The van der Waals surface area contributed by atoms with E-state index in [0.29, 0.717) is 43.1 Å². The Hall–Kier alpha value is -4.38. The number of aromatic nitrogens is 3. The predicted octanol–water partition coefficient (Wildman–Crippen LogP) is 3.16. The Morgan fingerprint density at radius 3 is 2.18 bits per heavy atom. The number of ether oxygens (including phenoxy) is 2. The number of amides is 1. The quantitative estimate of drug-likeness (QED) is 0.357. The second-order valence-electron chi connectivity index (χ2n) is 8.65. The molecule has 10 nitrogen and oxygen atoms in total. The smallest absolute Gasteiger partial charge is 0.284 e. The van der Waals surface area contributed by atoms with Crippen LogP contribution in [-0.4, -0.2) is 73.8 Å². The summed E-state index contributed by atoms with van der Waals surface area (Å²) in [5.74, 6) is 1.60. The zero-order chi connectivity index (χ0) is 26.7. The number of hydrogen-bond donors (Lipinski definition) is 0. The van der Waals surface area contributed by atoms with Crippen LogP contribution in [0.15, 0.2) is 84.0 Å². The van der Waals surface area contributed by atoms with E-state index in [2.05, 4.69) is 15.0 Å². The first-order valence-corrected chi connectivity index (χ1v) is 13.4. The van der Waals surface area contributed by atoms with E-state index in [4.69, 9.17) is 9.47 Å². The Bertz CT molecular complexity index is 1530. The summed E-state index contributed by atoms with van der Waals surface area (Å²) in [7, 11) is -0.765. The summed E-state index contributed by atoms with van der Waals surface area (Å²) in [6, 6.07) is 20.7. The summed E-state index contributed by atoms with van der Waals surface area (Å²) in [6.07, 6.45) is 1.16. The number of anilines is 1. The van der Waals surface area contributed by atoms with Crippen molar-refractivity contribution in [1.82, 2.24) is 19.1 Å². The highest BCUT2D eigenvalue weighted by molar-refractivity contribution is 7.89. The largest absolute Gasteiger partial charge is 0.497 e. The van der Waals surface area contributed by atoms with Crippen molar-refractivity contribution in [3.8, 4) is 22.9 Å². The minimum absolute atomic E-state index is 0.0150. The van der Waals surface area contributed by atoms with Gasteiger partial charge < -0.3 is 19.3 Å². The molecule has 4 aromatic rings. The molecule has 1 amide bonds. The molecule has 0 aliphatic carbocycles. The van der Waals surface area contributed by atoms with Crippen molar-refractivity contribution in [1.29, 1.82) is 0 Å². The van der Waals surface area contributed by atoms with Gasteiger partial charge in [-0.1, -0.05) is 12.1 Å². The van der Waals surface area contributed by atoms with Crippen LogP contribution in [-0.2, 0) is 10.0 Å². The summed E-state index contributed by atoms with van der Waals surface area (Å²) < 4.78 is 37.7. The first-order valence-electron chi connectivity index (χ1n) is 12.0. The van der Waals surface area contributed by atoms with Crippen LogP contribution >= 0.6 is 0 Å². The molecule has 0 unspecified atom stereocenters. The maximum Gasteiger partial charge on any atom is 0.284 e. The molecule has 38 heavy (non-hydrogen) atoms. The van der Waals surface area contributed by atoms with Crippen molar-refractivity contribution in [3.63, 3.8) is 0 Å². The van der Waals surface area contributed by atoms with Crippen molar-refractivity contribution in [2.45, 2.75) is 4.90 Å². The van der Waals surface area contributed by atoms with Gasteiger partial charge >= 0.3 is 0 Å². The first kappa shape index (κ1) is 25.3. The molecule has 1 saturated heterocycles. The van der Waals surface area contributed by atoms with E-state index < -0.39 is 10.0 Å². The van der Waals surface area contributed by atoms with E-state index in [9.17, 15) is 13.2 Å². The van der Waals surface area contributed by atoms with Crippen LogP contribution in [0.3, 0.4) is 0 Å². The maximum atomic E-state index is 13.1. The molecule has 0 atom stereocenters. The molecular weight excluding hydrogens is 506 g/mol. The van der Waals surface area contributed by atoms with Crippen LogP contribution in [0.5, 0.6) is 11.5 Å². The number of methoxy groups -OCH3 is 2. The number of piperazine rings is 1. The molecule has 196 valence electrons. The number of rotatable bonds is 7. The van der Waals surface area contributed by atoms with Crippen LogP contribution in [0.2, 0.25) is 0 Å². The Kier molecular flexibility index (Phi) is 7.01. The summed E-state index contributed by atoms with van der Waals surface area (Å²) in [5.41, 5.74) is 2.08. The van der Waals surface area contributed by atoms with Gasteiger partial charge in [0.05, 0.1) is 24.8 Å². The van der Waals surface area contributed by atoms with E-state index in [-0.39, 0.29) is 16.6 Å². The molecule has 1 fully saturated rings. The number of hydrogen-bond acceptors (Lipinski definition) is 8. The van der Waals surface area contributed by atoms with Crippen molar-refractivity contribution >= 4 is 21.6 Å². The Morgan fingerprint density at radius 1 is 0.842 bits per heavy atom. The average Bonchev–Trinajstić information content (AvgIpc) is 3.48. The minimum atomic E-state index is -3.98. The van der Waals surface area contributed by atoms with Crippen LogP contribution < -0.4 is 14.4 Å². The molecule has 0 spiro atoms. The molecule has 1 aromatic heterocycles. The van der Waals surface area contributed by atoms with Gasteiger partial charge in [0.1, 0.15) is 17.8 Å². The fourth-order valence-corrected chi connectivity index (χ4v) is 5.39. The van der Waals surface area contributed by atoms with Crippen molar-refractivity contribution < 1.29 is 22.7 Å². The Morgan fingerprint density at radius 2 is 1.53 bits per heavy atom. The zero-order valence-electron chi connectivity index (χ0n) is 21.0. The fraction of sp³-hybridized carbons (Fsp3) is 0.222. The number of nitrogens with zero attached hydrogens (tertiary/aromatic N) is 5. The summed E-state index contributed by atoms with van der Waals surface area (Å²) in [5, 5.41) is 4.15. The average molecular weight is 534 g/mol. The molecule has 1 aliphatic rings. The van der Waals surface area contributed by atoms with Gasteiger partial charge in [-0.25, -0.2) is 4.98 Å². The highest BCUT2D eigenvalue weighted by Gasteiger charge is 2.25. The van der Waals surface area contributed by atoms with E-state index in [0.717, 1.165) is 21.9 Å². The predicted molar refractivity (Wildman–Crippen MR) is 142 cm³/mol. The standard InChI is InChI=1S/C27H27N5O5S/c1-36-22-11-7-20(8-12-22)26-28-19-32(29-26)38(34,35)23-13-9-21(10-14-23)27(33)31-17-15-30(16-18-31)24-5-3-4-6-25(24)37-2/h3-14,19H,15-18H2,1-2H3. The molecule has 3 aromatic carbocycles. The molecular formula is C27H27N5O5S. The molecule has 1 aliphatic heterocycles. The van der Waals surface area contributed by atoms with Gasteiger partial charge in [0, 0.05) is 37.3 Å². The fourth-order valence-electron chi connectivity index (χ4n) is 4.34.